The van der Waals surface area contributed by atoms with E-state index in [0.717, 1.165) is 5.92 Å². The Balaban J connectivity index is 1.79. The summed E-state index contributed by atoms with van der Waals surface area (Å²) >= 11 is 0. The second-order valence-corrected chi connectivity index (χ2v) is 7.16. The van der Waals surface area contributed by atoms with Crippen LogP contribution in [0.4, 0.5) is 0 Å². The standard InChI is InChI=1S/C24H34/c1-2-3-4-5-6-7-10-19-24(20-22-15-11-8-12-16-22)21-23-17-13-9-14-18-23/h8-9,11-18,24H,2-7,10,19-21H2,1H3. The van der Waals surface area contributed by atoms with E-state index in [2.05, 4.69) is 67.6 Å². The summed E-state index contributed by atoms with van der Waals surface area (Å²) in [5.74, 6) is 0.769. The summed E-state index contributed by atoms with van der Waals surface area (Å²) in [6.07, 6.45) is 13.6. The molecule has 0 nitrogen and oxygen atoms in total. The topological polar surface area (TPSA) is 0 Å². The van der Waals surface area contributed by atoms with E-state index in [0.29, 0.717) is 0 Å². The third-order valence-electron chi connectivity index (χ3n) is 4.95. The Morgan fingerprint density at radius 1 is 0.583 bits per heavy atom. The number of hydrogen-bond acceptors (Lipinski definition) is 0. The molecule has 0 unspecified atom stereocenters. The lowest BCUT2D eigenvalue weighted by Crippen LogP contribution is -2.08. The molecule has 2 rings (SSSR count). The van der Waals surface area contributed by atoms with Gasteiger partial charge in [-0.3, -0.25) is 0 Å². The molecule has 130 valence electrons. The Hall–Kier alpha value is -1.56. The molecule has 2 aromatic rings. The SMILES string of the molecule is CCCCCCCCCC(Cc1ccccc1)Cc1ccccc1. The van der Waals surface area contributed by atoms with Crippen LogP contribution in [0.15, 0.2) is 60.7 Å². The molecule has 0 saturated heterocycles. The van der Waals surface area contributed by atoms with Gasteiger partial charge in [-0.2, -0.15) is 0 Å². The van der Waals surface area contributed by atoms with Crippen LogP contribution in [0.1, 0.15) is 69.4 Å². The number of hydrogen-bond donors (Lipinski definition) is 0. The molecule has 0 fully saturated rings. The van der Waals surface area contributed by atoms with Crippen molar-refractivity contribution < 1.29 is 0 Å². The Morgan fingerprint density at radius 3 is 1.54 bits per heavy atom. The van der Waals surface area contributed by atoms with E-state index < -0.39 is 0 Å². The van der Waals surface area contributed by atoms with Gasteiger partial charge < -0.3 is 0 Å². The van der Waals surface area contributed by atoms with Gasteiger partial charge in [0.25, 0.3) is 0 Å². The Kier molecular flexibility index (Phi) is 9.31. The van der Waals surface area contributed by atoms with Gasteiger partial charge in [-0.1, -0.05) is 113 Å². The maximum Gasteiger partial charge on any atom is -0.0247 e. The van der Waals surface area contributed by atoms with E-state index in [4.69, 9.17) is 0 Å². The second kappa shape index (κ2) is 11.9. The van der Waals surface area contributed by atoms with Crippen LogP contribution < -0.4 is 0 Å². The Morgan fingerprint density at radius 2 is 1.04 bits per heavy atom. The van der Waals surface area contributed by atoms with E-state index in [-0.39, 0.29) is 0 Å². The molecule has 0 N–H and O–H groups in total. The quantitative estimate of drug-likeness (QED) is 0.362. The van der Waals surface area contributed by atoms with Crippen LogP contribution in [0.3, 0.4) is 0 Å². The molecule has 0 radical (unpaired) electrons. The van der Waals surface area contributed by atoms with Crippen LogP contribution in [-0.2, 0) is 12.8 Å². The number of rotatable bonds is 12. The summed E-state index contributed by atoms with van der Waals surface area (Å²) in [4.78, 5) is 0. The summed E-state index contributed by atoms with van der Waals surface area (Å²) in [6.45, 7) is 2.29. The molecule has 0 aliphatic heterocycles. The minimum atomic E-state index is 0.769. The zero-order valence-corrected chi connectivity index (χ0v) is 15.4. The largest absolute Gasteiger partial charge is 0.0654 e. The van der Waals surface area contributed by atoms with E-state index in [1.165, 1.54) is 75.3 Å². The van der Waals surface area contributed by atoms with Crippen LogP contribution in [0, 0.1) is 5.92 Å². The average Bonchev–Trinajstić information content (AvgIpc) is 2.62. The minimum Gasteiger partial charge on any atom is -0.0654 e. The fourth-order valence-corrected chi connectivity index (χ4v) is 3.56. The smallest absolute Gasteiger partial charge is 0.0247 e. The van der Waals surface area contributed by atoms with E-state index in [1.54, 1.807) is 0 Å². The first-order chi connectivity index (χ1) is 11.9. The molecular formula is C24H34. The summed E-state index contributed by atoms with van der Waals surface area (Å²) in [7, 11) is 0. The van der Waals surface area contributed by atoms with E-state index in [9.17, 15) is 0 Å². The molecule has 0 heterocycles. The first-order valence-electron chi connectivity index (χ1n) is 9.96. The molecule has 0 heteroatoms. The van der Waals surface area contributed by atoms with Crippen molar-refractivity contribution in [2.45, 2.75) is 71.1 Å². The van der Waals surface area contributed by atoms with Gasteiger partial charge in [-0.15, -0.1) is 0 Å². The maximum atomic E-state index is 2.29. The van der Waals surface area contributed by atoms with Gasteiger partial charge in [0, 0.05) is 0 Å². The first kappa shape index (κ1) is 18.8. The van der Waals surface area contributed by atoms with Crippen molar-refractivity contribution in [1.29, 1.82) is 0 Å². The molecule has 0 aliphatic carbocycles. The lowest BCUT2D eigenvalue weighted by molar-refractivity contribution is 0.445. The van der Waals surface area contributed by atoms with Crippen molar-refractivity contribution in [3.05, 3.63) is 71.8 Å². The van der Waals surface area contributed by atoms with E-state index >= 15 is 0 Å². The minimum absolute atomic E-state index is 0.769. The zero-order valence-electron chi connectivity index (χ0n) is 15.4. The second-order valence-electron chi connectivity index (χ2n) is 7.16. The van der Waals surface area contributed by atoms with Gasteiger partial charge >= 0.3 is 0 Å². The first-order valence-corrected chi connectivity index (χ1v) is 9.96. The molecule has 0 saturated carbocycles. The van der Waals surface area contributed by atoms with Gasteiger partial charge in [0.1, 0.15) is 0 Å². The molecule has 24 heavy (non-hydrogen) atoms. The van der Waals surface area contributed by atoms with Crippen molar-refractivity contribution >= 4 is 0 Å². The number of unbranched alkanes of at least 4 members (excludes halogenated alkanes) is 6. The highest BCUT2D eigenvalue weighted by molar-refractivity contribution is 5.18. The average molecular weight is 323 g/mol. The molecule has 0 aromatic heterocycles. The molecule has 2 aromatic carbocycles. The molecular weight excluding hydrogens is 288 g/mol. The van der Waals surface area contributed by atoms with Crippen LogP contribution >= 0.6 is 0 Å². The van der Waals surface area contributed by atoms with Gasteiger partial charge in [0.15, 0.2) is 0 Å². The predicted molar refractivity (Wildman–Crippen MR) is 106 cm³/mol. The van der Waals surface area contributed by atoms with Crippen LogP contribution in [0.2, 0.25) is 0 Å². The number of benzene rings is 2. The molecule has 0 amide bonds. The lowest BCUT2D eigenvalue weighted by Gasteiger charge is -2.17. The fourth-order valence-electron chi connectivity index (χ4n) is 3.56. The molecule has 0 aliphatic rings. The van der Waals surface area contributed by atoms with Crippen molar-refractivity contribution in [2.24, 2.45) is 5.92 Å². The van der Waals surface area contributed by atoms with Crippen molar-refractivity contribution in [3.8, 4) is 0 Å². The maximum absolute atomic E-state index is 2.29. The Bertz CT molecular complexity index is 473. The van der Waals surface area contributed by atoms with Gasteiger partial charge in [-0.05, 0) is 36.3 Å². The summed E-state index contributed by atoms with van der Waals surface area (Å²) < 4.78 is 0. The predicted octanol–water partition coefficient (Wildman–Crippen LogP) is 7.23. The third-order valence-corrected chi connectivity index (χ3v) is 4.95. The highest BCUT2D eigenvalue weighted by Crippen LogP contribution is 2.21. The highest BCUT2D eigenvalue weighted by atomic mass is 14.2. The van der Waals surface area contributed by atoms with Crippen LogP contribution in [0.25, 0.3) is 0 Å². The molecule has 0 atom stereocenters. The summed E-state index contributed by atoms with van der Waals surface area (Å²) in [5, 5.41) is 0. The van der Waals surface area contributed by atoms with Gasteiger partial charge in [-0.25, -0.2) is 0 Å². The van der Waals surface area contributed by atoms with Gasteiger partial charge in [0.05, 0.1) is 0 Å². The molecule has 0 spiro atoms. The van der Waals surface area contributed by atoms with Crippen LogP contribution in [0.5, 0.6) is 0 Å². The highest BCUT2D eigenvalue weighted by Gasteiger charge is 2.10. The summed E-state index contributed by atoms with van der Waals surface area (Å²) in [6, 6.07) is 22.0. The Labute approximate surface area is 149 Å². The van der Waals surface area contributed by atoms with Crippen molar-refractivity contribution in [1.82, 2.24) is 0 Å². The zero-order chi connectivity index (χ0) is 16.9. The van der Waals surface area contributed by atoms with Crippen molar-refractivity contribution in [3.63, 3.8) is 0 Å². The third kappa shape index (κ3) is 7.81. The monoisotopic (exact) mass is 322 g/mol. The van der Waals surface area contributed by atoms with E-state index in [1.807, 2.05) is 0 Å². The lowest BCUT2D eigenvalue weighted by atomic mass is 9.88. The fraction of sp³-hybridized carbons (Fsp3) is 0.500. The van der Waals surface area contributed by atoms with Gasteiger partial charge in [0.2, 0.25) is 0 Å². The summed E-state index contributed by atoms with van der Waals surface area (Å²) in [5.41, 5.74) is 2.97. The van der Waals surface area contributed by atoms with Crippen molar-refractivity contribution in [2.75, 3.05) is 0 Å². The molecule has 0 bridgehead atoms. The van der Waals surface area contributed by atoms with Crippen LogP contribution in [-0.4, -0.2) is 0 Å². The normalized spacial score (nSPS) is 11.1.